The van der Waals surface area contributed by atoms with Gasteiger partial charge in [-0.25, -0.2) is 4.79 Å². The molecule has 0 radical (unpaired) electrons. The van der Waals surface area contributed by atoms with Gasteiger partial charge in [-0.3, -0.25) is 9.59 Å². The van der Waals surface area contributed by atoms with Crippen LogP contribution in [0.2, 0.25) is 0 Å². The first-order chi connectivity index (χ1) is 12.3. The molecule has 0 bridgehead atoms. The van der Waals surface area contributed by atoms with Gasteiger partial charge in [-0.1, -0.05) is 0 Å². The Morgan fingerprint density at radius 1 is 0.885 bits per heavy atom. The highest BCUT2D eigenvalue weighted by molar-refractivity contribution is 5.96. The summed E-state index contributed by atoms with van der Waals surface area (Å²) in [4.78, 5) is 36.8. The molecule has 0 saturated carbocycles. The normalized spacial score (nSPS) is 9.96. The van der Waals surface area contributed by atoms with Gasteiger partial charge in [-0.2, -0.15) is 0 Å². The van der Waals surface area contributed by atoms with Crippen LogP contribution in [0.3, 0.4) is 0 Å². The molecule has 136 valence electrons. The van der Waals surface area contributed by atoms with Crippen LogP contribution in [-0.2, 0) is 14.3 Å². The molecule has 0 atom stereocenters. The van der Waals surface area contributed by atoms with E-state index in [9.17, 15) is 14.4 Å². The smallest absolute Gasteiger partial charge is 0.338 e. The Morgan fingerprint density at radius 3 is 1.96 bits per heavy atom. The zero-order chi connectivity index (χ0) is 19.1. The van der Waals surface area contributed by atoms with Crippen molar-refractivity contribution in [1.29, 1.82) is 0 Å². The quantitative estimate of drug-likeness (QED) is 0.778. The molecule has 2 aromatic carbocycles. The van der Waals surface area contributed by atoms with Gasteiger partial charge in [0.1, 0.15) is 0 Å². The van der Waals surface area contributed by atoms with Crippen LogP contribution in [-0.4, -0.2) is 38.5 Å². The molecule has 0 aliphatic carbocycles. The number of anilines is 3. The minimum atomic E-state index is -0.613. The van der Waals surface area contributed by atoms with E-state index in [-0.39, 0.29) is 12.5 Å². The van der Waals surface area contributed by atoms with Crippen LogP contribution in [0.4, 0.5) is 17.1 Å². The van der Waals surface area contributed by atoms with Crippen molar-refractivity contribution in [2.75, 3.05) is 36.2 Å². The summed E-state index contributed by atoms with van der Waals surface area (Å²) >= 11 is 0. The minimum absolute atomic E-state index is 0.199. The first kappa shape index (κ1) is 19.0. The number of benzene rings is 2. The van der Waals surface area contributed by atoms with Gasteiger partial charge in [0.05, 0.1) is 5.56 Å². The third-order valence-corrected chi connectivity index (χ3v) is 3.44. The first-order valence-electron chi connectivity index (χ1n) is 7.97. The molecule has 0 unspecified atom stereocenters. The van der Waals surface area contributed by atoms with Crippen LogP contribution in [0.15, 0.2) is 48.5 Å². The van der Waals surface area contributed by atoms with Crippen LogP contribution in [0.25, 0.3) is 0 Å². The number of nitrogens with one attached hydrogen (secondary N) is 2. The molecule has 0 heterocycles. The maximum absolute atomic E-state index is 12.0. The first-order valence-corrected chi connectivity index (χ1v) is 7.97. The van der Waals surface area contributed by atoms with Gasteiger partial charge in [0.25, 0.3) is 5.91 Å². The van der Waals surface area contributed by atoms with Crippen molar-refractivity contribution >= 4 is 34.8 Å². The van der Waals surface area contributed by atoms with Crippen molar-refractivity contribution in [3.63, 3.8) is 0 Å². The second kappa shape index (κ2) is 8.66. The number of rotatable bonds is 6. The van der Waals surface area contributed by atoms with Gasteiger partial charge < -0.3 is 20.3 Å². The van der Waals surface area contributed by atoms with Crippen molar-refractivity contribution in [3.05, 3.63) is 54.1 Å². The van der Waals surface area contributed by atoms with Gasteiger partial charge in [0, 0.05) is 38.1 Å². The highest BCUT2D eigenvalue weighted by Crippen LogP contribution is 2.15. The SMILES string of the molecule is CC(=O)Nc1ccc(C(=O)OCC(=O)Nc2ccc(N(C)C)cc2)cc1. The third kappa shape index (κ3) is 5.62. The lowest BCUT2D eigenvalue weighted by Crippen LogP contribution is -2.21. The maximum Gasteiger partial charge on any atom is 0.338 e. The minimum Gasteiger partial charge on any atom is -0.452 e. The number of ether oxygens (including phenoxy) is 1. The van der Waals surface area contributed by atoms with E-state index in [0.29, 0.717) is 16.9 Å². The molecule has 7 nitrogen and oxygen atoms in total. The fraction of sp³-hybridized carbons (Fsp3) is 0.211. The van der Waals surface area contributed by atoms with E-state index < -0.39 is 11.9 Å². The number of esters is 1. The Balaban J connectivity index is 1.84. The summed E-state index contributed by atoms with van der Waals surface area (Å²) in [5.74, 6) is -1.24. The average Bonchev–Trinajstić information content (AvgIpc) is 2.60. The number of carbonyl (C=O) groups excluding carboxylic acids is 3. The Morgan fingerprint density at radius 2 is 1.42 bits per heavy atom. The Bertz CT molecular complexity index is 783. The van der Waals surface area contributed by atoms with Gasteiger partial charge in [-0.15, -0.1) is 0 Å². The predicted octanol–water partition coefficient (Wildman–Crippen LogP) is 2.51. The summed E-state index contributed by atoms with van der Waals surface area (Å²) in [6.07, 6.45) is 0. The lowest BCUT2D eigenvalue weighted by atomic mass is 10.2. The fourth-order valence-corrected chi connectivity index (χ4v) is 2.15. The molecular weight excluding hydrogens is 334 g/mol. The average molecular weight is 355 g/mol. The Kier molecular flexibility index (Phi) is 6.32. The molecule has 0 fully saturated rings. The molecule has 0 spiro atoms. The molecule has 0 aliphatic heterocycles. The zero-order valence-electron chi connectivity index (χ0n) is 14.9. The van der Waals surface area contributed by atoms with E-state index >= 15 is 0 Å². The van der Waals surface area contributed by atoms with Crippen molar-refractivity contribution in [1.82, 2.24) is 0 Å². The van der Waals surface area contributed by atoms with E-state index in [2.05, 4.69) is 10.6 Å². The van der Waals surface area contributed by atoms with E-state index in [1.807, 2.05) is 31.1 Å². The molecular formula is C19H21N3O4. The monoisotopic (exact) mass is 355 g/mol. The second-order valence-corrected chi connectivity index (χ2v) is 5.82. The number of hydrogen-bond acceptors (Lipinski definition) is 5. The van der Waals surface area contributed by atoms with Crippen molar-refractivity contribution in [2.45, 2.75) is 6.92 Å². The number of nitrogens with zero attached hydrogens (tertiary/aromatic N) is 1. The summed E-state index contributed by atoms with van der Waals surface area (Å²) in [5, 5.41) is 5.26. The van der Waals surface area contributed by atoms with Gasteiger partial charge >= 0.3 is 5.97 Å². The number of carbonyl (C=O) groups is 3. The molecule has 0 aromatic heterocycles. The van der Waals surface area contributed by atoms with Gasteiger partial charge in [0.15, 0.2) is 6.61 Å². The summed E-state index contributed by atoms with van der Waals surface area (Å²) < 4.78 is 5.00. The predicted molar refractivity (Wildman–Crippen MR) is 100 cm³/mol. The Hall–Kier alpha value is -3.35. The van der Waals surface area contributed by atoms with Crippen LogP contribution >= 0.6 is 0 Å². The van der Waals surface area contributed by atoms with Gasteiger partial charge in [-0.05, 0) is 48.5 Å². The Labute approximate surface area is 152 Å². The number of hydrogen-bond donors (Lipinski definition) is 2. The largest absolute Gasteiger partial charge is 0.452 e. The summed E-state index contributed by atoms with van der Waals surface area (Å²) in [6, 6.07) is 13.5. The molecule has 0 aliphatic rings. The van der Waals surface area contributed by atoms with Gasteiger partial charge in [0.2, 0.25) is 5.91 Å². The second-order valence-electron chi connectivity index (χ2n) is 5.82. The zero-order valence-corrected chi connectivity index (χ0v) is 14.9. The lowest BCUT2D eigenvalue weighted by molar-refractivity contribution is -0.119. The van der Waals surface area contributed by atoms with Crippen LogP contribution < -0.4 is 15.5 Å². The maximum atomic E-state index is 12.0. The van der Waals surface area contributed by atoms with Crippen molar-refractivity contribution in [3.8, 4) is 0 Å². The highest BCUT2D eigenvalue weighted by atomic mass is 16.5. The number of amides is 2. The van der Waals surface area contributed by atoms with Crippen LogP contribution in [0.5, 0.6) is 0 Å². The molecule has 26 heavy (non-hydrogen) atoms. The molecule has 2 rings (SSSR count). The molecule has 0 saturated heterocycles. The molecule has 2 amide bonds. The van der Waals surface area contributed by atoms with E-state index in [1.54, 1.807) is 24.3 Å². The summed E-state index contributed by atoms with van der Waals surface area (Å²) in [5.41, 5.74) is 2.50. The fourth-order valence-electron chi connectivity index (χ4n) is 2.15. The van der Waals surface area contributed by atoms with E-state index in [4.69, 9.17) is 4.74 Å². The lowest BCUT2D eigenvalue weighted by Gasteiger charge is -2.13. The van der Waals surface area contributed by atoms with E-state index in [1.165, 1.54) is 19.1 Å². The topological polar surface area (TPSA) is 87.7 Å². The summed E-state index contributed by atoms with van der Waals surface area (Å²) in [6.45, 7) is 1.01. The van der Waals surface area contributed by atoms with Crippen LogP contribution in [0, 0.1) is 0 Å². The molecule has 2 aromatic rings. The van der Waals surface area contributed by atoms with Crippen LogP contribution in [0.1, 0.15) is 17.3 Å². The summed E-state index contributed by atoms with van der Waals surface area (Å²) in [7, 11) is 3.85. The highest BCUT2D eigenvalue weighted by Gasteiger charge is 2.11. The molecule has 7 heteroatoms. The van der Waals surface area contributed by atoms with Crippen molar-refractivity contribution < 1.29 is 19.1 Å². The van der Waals surface area contributed by atoms with Crippen molar-refractivity contribution in [2.24, 2.45) is 0 Å². The molecule has 2 N–H and O–H groups in total. The van der Waals surface area contributed by atoms with E-state index in [0.717, 1.165) is 5.69 Å². The standard InChI is InChI=1S/C19H21N3O4/c1-13(23)20-15-6-4-14(5-7-15)19(25)26-12-18(24)21-16-8-10-17(11-9-16)22(2)3/h4-11H,12H2,1-3H3,(H,20,23)(H,21,24). The third-order valence-electron chi connectivity index (χ3n) is 3.44.